The second-order valence-corrected chi connectivity index (χ2v) is 4.13. The Morgan fingerprint density at radius 1 is 1.33 bits per heavy atom. The molecule has 1 fully saturated rings. The van der Waals surface area contributed by atoms with Crippen molar-refractivity contribution in [2.45, 2.75) is 38.6 Å². The summed E-state index contributed by atoms with van der Waals surface area (Å²) in [5, 5.41) is 0. The monoisotopic (exact) mass is 165 g/mol. The van der Waals surface area contributed by atoms with Crippen molar-refractivity contribution >= 4 is 0 Å². The molecule has 0 radical (unpaired) electrons. The predicted molar refractivity (Wildman–Crippen MR) is 52.1 cm³/mol. The lowest BCUT2D eigenvalue weighted by molar-refractivity contribution is 0.124. The molecular weight excluding hydrogens is 146 g/mol. The Labute approximate surface area is 75.4 Å². The second kappa shape index (κ2) is 3.61. The molecule has 0 aliphatic heterocycles. The molecule has 1 saturated carbocycles. The molecule has 2 rings (SSSR count). The molecule has 0 saturated heterocycles. The Balaban J connectivity index is 1.74. The first kappa shape index (κ1) is 8.31. The van der Waals surface area contributed by atoms with Crippen LogP contribution in [0.1, 0.15) is 32.6 Å². The summed E-state index contributed by atoms with van der Waals surface area (Å²) < 4.78 is 0. The summed E-state index contributed by atoms with van der Waals surface area (Å²) in [6.45, 7) is 4.90. The van der Waals surface area contributed by atoms with Gasteiger partial charge < -0.3 is 0 Å². The highest BCUT2D eigenvalue weighted by molar-refractivity contribution is 5.14. The summed E-state index contributed by atoms with van der Waals surface area (Å²) in [6, 6.07) is 0.937. The van der Waals surface area contributed by atoms with Gasteiger partial charge in [0.15, 0.2) is 0 Å². The largest absolute Gasteiger partial charge is 0.300 e. The zero-order chi connectivity index (χ0) is 8.39. The molecule has 0 aromatic carbocycles. The lowest BCUT2D eigenvalue weighted by atomic mass is 9.91. The van der Waals surface area contributed by atoms with Gasteiger partial charge in [0.1, 0.15) is 0 Å². The fraction of sp³-hybridized carbons (Fsp3) is 0.818. The van der Waals surface area contributed by atoms with Crippen LogP contribution in [0, 0.1) is 5.92 Å². The van der Waals surface area contributed by atoms with Crippen LogP contribution in [0.4, 0.5) is 0 Å². The van der Waals surface area contributed by atoms with Gasteiger partial charge >= 0.3 is 0 Å². The molecule has 2 aliphatic rings. The van der Waals surface area contributed by atoms with E-state index in [0.29, 0.717) is 0 Å². The van der Waals surface area contributed by atoms with Crippen LogP contribution in [0.25, 0.3) is 0 Å². The Hall–Kier alpha value is -0.300. The van der Waals surface area contributed by atoms with E-state index in [-0.39, 0.29) is 0 Å². The van der Waals surface area contributed by atoms with Gasteiger partial charge in [-0.1, -0.05) is 25.5 Å². The van der Waals surface area contributed by atoms with Crippen molar-refractivity contribution in [3.8, 4) is 0 Å². The lowest BCUT2D eigenvalue weighted by Gasteiger charge is -2.37. The third-order valence-corrected chi connectivity index (χ3v) is 3.01. The number of hydrogen-bond acceptors (Lipinski definition) is 1. The topological polar surface area (TPSA) is 3.24 Å². The fourth-order valence-corrected chi connectivity index (χ4v) is 1.93. The smallest absolute Gasteiger partial charge is 0.00956 e. The molecule has 0 aromatic rings. The summed E-state index contributed by atoms with van der Waals surface area (Å²) in [7, 11) is 0. The van der Waals surface area contributed by atoms with E-state index in [1.54, 1.807) is 0 Å². The Bertz CT molecular complexity index is 164. The van der Waals surface area contributed by atoms with E-state index < -0.39 is 0 Å². The summed E-state index contributed by atoms with van der Waals surface area (Å²) in [5.74, 6) is 0.831. The van der Waals surface area contributed by atoms with E-state index in [9.17, 15) is 0 Å². The lowest BCUT2D eigenvalue weighted by Crippen LogP contribution is -2.41. The standard InChI is InChI=1S/C11H19N/c1-2-8-12(9-10-6-7-10)11-4-3-5-11/h6-7,10-11H,2-5,8-9H2,1H3. The molecule has 0 spiro atoms. The van der Waals surface area contributed by atoms with E-state index in [1.807, 2.05) is 0 Å². The van der Waals surface area contributed by atoms with Gasteiger partial charge in [-0.25, -0.2) is 0 Å². The zero-order valence-corrected chi connectivity index (χ0v) is 8.00. The fourth-order valence-electron chi connectivity index (χ4n) is 1.93. The maximum Gasteiger partial charge on any atom is 0.00956 e. The summed E-state index contributed by atoms with van der Waals surface area (Å²) >= 11 is 0. The number of hydrogen-bond donors (Lipinski definition) is 0. The SMILES string of the molecule is CCCN(CC1C=C1)C1CCC1. The van der Waals surface area contributed by atoms with Crippen LogP contribution in [0.3, 0.4) is 0 Å². The van der Waals surface area contributed by atoms with E-state index in [4.69, 9.17) is 0 Å². The summed E-state index contributed by atoms with van der Waals surface area (Å²) in [5.41, 5.74) is 0. The molecule has 0 amide bonds. The molecule has 0 heterocycles. The summed E-state index contributed by atoms with van der Waals surface area (Å²) in [4.78, 5) is 2.69. The molecule has 0 aromatic heterocycles. The maximum atomic E-state index is 2.69. The molecule has 0 N–H and O–H groups in total. The molecular formula is C11H19N. The van der Waals surface area contributed by atoms with Gasteiger partial charge in [0.2, 0.25) is 0 Å². The van der Waals surface area contributed by atoms with Crippen molar-refractivity contribution in [1.82, 2.24) is 4.90 Å². The molecule has 0 atom stereocenters. The molecule has 1 nitrogen and oxygen atoms in total. The third kappa shape index (κ3) is 1.89. The van der Waals surface area contributed by atoms with Gasteiger partial charge in [0.25, 0.3) is 0 Å². The van der Waals surface area contributed by atoms with Crippen molar-refractivity contribution in [3.63, 3.8) is 0 Å². The first-order valence-electron chi connectivity index (χ1n) is 5.32. The van der Waals surface area contributed by atoms with Gasteiger partial charge in [-0.05, 0) is 25.8 Å². The average molecular weight is 165 g/mol. The van der Waals surface area contributed by atoms with Crippen LogP contribution in [-0.4, -0.2) is 24.0 Å². The zero-order valence-electron chi connectivity index (χ0n) is 8.00. The minimum atomic E-state index is 0.831. The minimum Gasteiger partial charge on any atom is -0.300 e. The highest BCUT2D eigenvalue weighted by Crippen LogP contribution is 2.28. The van der Waals surface area contributed by atoms with Gasteiger partial charge in [0.05, 0.1) is 0 Å². The number of rotatable bonds is 5. The van der Waals surface area contributed by atoms with Crippen molar-refractivity contribution in [2.75, 3.05) is 13.1 Å². The highest BCUT2D eigenvalue weighted by atomic mass is 15.2. The highest BCUT2D eigenvalue weighted by Gasteiger charge is 2.26. The van der Waals surface area contributed by atoms with Crippen molar-refractivity contribution in [1.29, 1.82) is 0 Å². The Morgan fingerprint density at radius 3 is 2.50 bits per heavy atom. The number of nitrogens with zero attached hydrogens (tertiary/aromatic N) is 1. The average Bonchev–Trinajstić information content (AvgIpc) is 2.68. The van der Waals surface area contributed by atoms with E-state index in [0.717, 1.165) is 12.0 Å². The van der Waals surface area contributed by atoms with Crippen LogP contribution in [0.15, 0.2) is 12.2 Å². The van der Waals surface area contributed by atoms with E-state index in [1.165, 1.54) is 38.8 Å². The van der Waals surface area contributed by atoms with Crippen molar-refractivity contribution in [2.24, 2.45) is 5.92 Å². The summed E-state index contributed by atoms with van der Waals surface area (Å²) in [6.07, 6.45) is 10.3. The maximum absolute atomic E-state index is 2.69. The van der Waals surface area contributed by atoms with Crippen LogP contribution in [0.5, 0.6) is 0 Å². The Morgan fingerprint density at radius 2 is 2.08 bits per heavy atom. The van der Waals surface area contributed by atoms with Crippen LogP contribution in [0.2, 0.25) is 0 Å². The molecule has 0 unspecified atom stereocenters. The molecule has 1 heteroatoms. The third-order valence-electron chi connectivity index (χ3n) is 3.01. The van der Waals surface area contributed by atoms with Gasteiger partial charge in [-0.15, -0.1) is 0 Å². The van der Waals surface area contributed by atoms with Crippen LogP contribution in [-0.2, 0) is 0 Å². The first-order chi connectivity index (χ1) is 5.90. The van der Waals surface area contributed by atoms with Crippen molar-refractivity contribution in [3.05, 3.63) is 12.2 Å². The first-order valence-corrected chi connectivity index (χ1v) is 5.32. The van der Waals surface area contributed by atoms with Crippen LogP contribution < -0.4 is 0 Å². The molecule has 12 heavy (non-hydrogen) atoms. The van der Waals surface area contributed by atoms with Gasteiger partial charge in [-0.3, -0.25) is 4.90 Å². The van der Waals surface area contributed by atoms with Gasteiger partial charge in [-0.2, -0.15) is 0 Å². The molecule has 0 bridgehead atoms. The van der Waals surface area contributed by atoms with E-state index in [2.05, 4.69) is 24.0 Å². The quantitative estimate of drug-likeness (QED) is 0.566. The van der Waals surface area contributed by atoms with Crippen molar-refractivity contribution < 1.29 is 0 Å². The second-order valence-electron chi connectivity index (χ2n) is 4.13. The normalized spacial score (nSPS) is 23.2. The predicted octanol–water partition coefficient (Wildman–Crippen LogP) is 2.44. The molecule has 68 valence electrons. The van der Waals surface area contributed by atoms with Crippen LogP contribution >= 0.6 is 0 Å². The molecule has 2 aliphatic carbocycles. The Kier molecular flexibility index (Phi) is 2.50. The van der Waals surface area contributed by atoms with E-state index >= 15 is 0 Å². The van der Waals surface area contributed by atoms with Gasteiger partial charge in [0, 0.05) is 18.5 Å². The minimum absolute atomic E-state index is 0.831.